The Morgan fingerprint density at radius 2 is 1.67 bits per heavy atom. The van der Waals surface area contributed by atoms with Crippen molar-refractivity contribution in [2.75, 3.05) is 44.3 Å². The zero-order valence-electron chi connectivity index (χ0n) is 23.2. The molecule has 2 heterocycles. The van der Waals surface area contributed by atoms with Gasteiger partial charge in [0.25, 0.3) is 0 Å². The van der Waals surface area contributed by atoms with Gasteiger partial charge >= 0.3 is 11.5 Å². The van der Waals surface area contributed by atoms with Crippen LogP contribution in [0.2, 0.25) is 0 Å². The predicted molar refractivity (Wildman–Crippen MR) is 151 cm³/mol. The molecular formula is C29H32F2N4O6S. The first kappa shape index (κ1) is 29.6. The molecule has 0 bridgehead atoms. The van der Waals surface area contributed by atoms with Gasteiger partial charge in [-0.15, -0.1) is 0 Å². The third-order valence-electron chi connectivity index (χ3n) is 7.48. The number of anilines is 1. The van der Waals surface area contributed by atoms with Gasteiger partial charge in [-0.25, -0.2) is 17.2 Å². The van der Waals surface area contributed by atoms with Gasteiger partial charge in [0.1, 0.15) is 23.9 Å². The van der Waals surface area contributed by atoms with Crippen LogP contribution in [-0.2, 0) is 25.3 Å². The number of carbonyl (C=O) groups is 1. The minimum absolute atomic E-state index is 0.0802. The maximum atomic E-state index is 14.0. The van der Waals surface area contributed by atoms with Gasteiger partial charge in [0.15, 0.2) is 0 Å². The van der Waals surface area contributed by atoms with Gasteiger partial charge in [-0.1, -0.05) is 37.3 Å². The van der Waals surface area contributed by atoms with E-state index in [1.807, 2.05) is 11.0 Å². The van der Waals surface area contributed by atoms with Crippen LogP contribution in [0.25, 0.3) is 5.69 Å². The lowest BCUT2D eigenvalue weighted by molar-refractivity contribution is -0.145. The highest BCUT2D eigenvalue weighted by molar-refractivity contribution is 7.88. The van der Waals surface area contributed by atoms with E-state index in [1.54, 1.807) is 31.2 Å². The molecule has 1 aliphatic carbocycles. The summed E-state index contributed by atoms with van der Waals surface area (Å²) in [5.41, 5.74) is -0.232. The number of nitrogens with zero attached hydrogens (tertiary/aromatic N) is 4. The number of aromatic nitrogens is 2. The van der Waals surface area contributed by atoms with E-state index in [0.29, 0.717) is 17.3 Å². The fourth-order valence-corrected chi connectivity index (χ4v) is 6.30. The Morgan fingerprint density at radius 1 is 1.00 bits per heavy atom. The lowest BCUT2D eigenvalue weighted by Crippen LogP contribution is -2.49. The molecule has 0 atom stereocenters. The minimum Gasteiger partial charge on any atom is -0.485 e. The van der Waals surface area contributed by atoms with E-state index in [2.05, 4.69) is 5.10 Å². The molecule has 42 heavy (non-hydrogen) atoms. The van der Waals surface area contributed by atoms with Gasteiger partial charge in [-0.2, -0.15) is 14.1 Å². The van der Waals surface area contributed by atoms with Crippen molar-refractivity contribution in [3.63, 3.8) is 0 Å². The summed E-state index contributed by atoms with van der Waals surface area (Å²) in [5.74, 6) is -2.26. The van der Waals surface area contributed by atoms with Crippen molar-refractivity contribution >= 4 is 21.7 Å². The maximum Gasteiger partial charge on any atom is 0.316 e. The standard InChI is InChI=1S/C29H32F2N4O6S/c1-2-26(36)40-19-29(8-9-29)20-41-27-25(17-32-35(28(27)37)24-15-22(30)14-23(31)16-24)33-10-12-34(13-11-33)42(38,39)18-21-6-4-3-5-7-21/h3-7,14-17H,2,8-13,18-20H2,1H3. The first-order valence-electron chi connectivity index (χ1n) is 13.7. The highest BCUT2D eigenvalue weighted by atomic mass is 32.2. The summed E-state index contributed by atoms with van der Waals surface area (Å²) < 4.78 is 67.7. The summed E-state index contributed by atoms with van der Waals surface area (Å²) in [5, 5.41) is 4.17. The molecule has 1 aliphatic heterocycles. The molecule has 5 rings (SSSR count). The molecule has 2 aliphatic rings. The number of halogens is 2. The van der Waals surface area contributed by atoms with Crippen molar-refractivity contribution in [3.8, 4) is 11.4 Å². The van der Waals surface area contributed by atoms with E-state index < -0.39 is 32.6 Å². The van der Waals surface area contributed by atoms with Gasteiger partial charge < -0.3 is 14.4 Å². The van der Waals surface area contributed by atoms with E-state index in [9.17, 15) is 26.8 Å². The van der Waals surface area contributed by atoms with Crippen molar-refractivity contribution in [3.05, 3.63) is 82.3 Å². The Balaban J connectivity index is 1.38. The molecule has 2 fully saturated rings. The SMILES string of the molecule is CCC(=O)OCC1(COc2c(N3CCN(S(=O)(=O)Cc4ccccc4)CC3)cnn(-c3cc(F)cc(F)c3)c2=O)CC1. The van der Waals surface area contributed by atoms with Crippen LogP contribution in [0.5, 0.6) is 5.75 Å². The van der Waals surface area contributed by atoms with E-state index in [4.69, 9.17) is 9.47 Å². The molecule has 1 saturated carbocycles. The maximum absolute atomic E-state index is 14.0. The monoisotopic (exact) mass is 602 g/mol. The molecule has 1 saturated heterocycles. The molecule has 13 heteroatoms. The topological polar surface area (TPSA) is 111 Å². The van der Waals surface area contributed by atoms with E-state index in [-0.39, 0.29) is 69.0 Å². The third kappa shape index (κ3) is 6.79. The Morgan fingerprint density at radius 3 is 2.29 bits per heavy atom. The van der Waals surface area contributed by atoms with Crippen LogP contribution < -0.4 is 15.2 Å². The molecule has 0 spiro atoms. The zero-order chi connectivity index (χ0) is 29.9. The Kier molecular flexibility index (Phi) is 8.60. The van der Waals surface area contributed by atoms with Gasteiger partial charge in [0, 0.05) is 44.1 Å². The van der Waals surface area contributed by atoms with Crippen molar-refractivity contribution in [1.29, 1.82) is 0 Å². The average molecular weight is 603 g/mol. The van der Waals surface area contributed by atoms with Gasteiger partial charge in [0.05, 0.1) is 24.2 Å². The van der Waals surface area contributed by atoms with E-state index in [1.165, 1.54) is 10.5 Å². The quantitative estimate of drug-likeness (QED) is 0.308. The smallest absolute Gasteiger partial charge is 0.316 e. The lowest BCUT2D eigenvalue weighted by atomic mass is 10.1. The molecule has 3 aromatic rings. The van der Waals surface area contributed by atoms with Crippen LogP contribution in [0, 0.1) is 17.0 Å². The molecular weight excluding hydrogens is 570 g/mol. The molecule has 0 amide bonds. The van der Waals surface area contributed by atoms with Crippen LogP contribution in [0.1, 0.15) is 31.7 Å². The van der Waals surface area contributed by atoms with Crippen LogP contribution in [-0.4, -0.2) is 67.9 Å². The summed E-state index contributed by atoms with van der Waals surface area (Å²) in [6, 6.07) is 11.6. The Bertz CT molecular complexity index is 1580. The van der Waals surface area contributed by atoms with Crippen LogP contribution in [0.15, 0.2) is 59.5 Å². The second-order valence-corrected chi connectivity index (χ2v) is 12.6. The third-order valence-corrected chi connectivity index (χ3v) is 9.33. The second kappa shape index (κ2) is 12.2. The van der Waals surface area contributed by atoms with Crippen molar-refractivity contribution in [1.82, 2.24) is 14.1 Å². The van der Waals surface area contributed by atoms with Crippen LogP contribution in [0.3, 0.4) is 0 Å². The van der Waals surface area contributed by atoms with E-state index in [0.717, 1.165) is 29.7 Å². The van der Waals surface area contributed by atoms with Crippen LogP contribution >= 0.6 is 0 Å². The van der Waals surface area contributed by atoms with Crippen molar-refractivity contribution < 1.29 is 31.5 Å². The highest BCUT2D eigenvalue weighted by Gasteiger charge is 2.45. The Hall–Kier alpha value is -3.84. The number of ether oxygens (including phenoxy) is 2. The summed E-state index contributed by atoms with van der Waals surface area (Å²) in [7, 11) is -3.57. The van der Waals surface area contributed by atoms with Gasteiger partial charge in [0.2, 0.25) is 15.8 Å². The largest absolute Gasteiger partial charge is 0.485 e. The number of sulfonamides is 1. The number of piperazine rings is 1. The average Bonchev–Trinajstić information content (AvgIpc) is 3.75. The normalized spacial score (nSPS) is 16.7. The summed E-state index contributed by atoms with van der Waals surface area (Å²) in [6.45, 7) is 2.84. The molecule has 1 aromatic heterocycles. The van der Waals surface area contributed by atoms with Crippen molar-refractivity contribution in [2.24, 2.45) is 5.41 Å². The molecule has 0 unspecified atom stereocenters. The fraction of sp³-hybridized carbons (Fsp3) is 0.414. The number of benzene rings is 2. The first-order chi connectivity index (χ1) is 20.1. The van der Waals surface area contributed by atoms with Gasteiger partial charge in [-0.3, -0.25) is 9.59 Å². The first-order valence-corrected chi connectivity index (χ1v) is 15.3. The number of carbonyl (C=O) groups excluding carboxylic acids is 1. The summed E-state index contributed by atoms with van der Waals surface area (Å²) in [4.78, 5) is 27.1. The Labute approximate surface area is 242 Å². The molecule has 10 nitrogen and oxygen atoms in total. The van der Waals surface area contributed by atoms with Gasteiger partial charge in [-0.05, 0) is 30.5 Å². The number of hydrogen-bond donors (Lipinski definition) is 0. The lowest BCUT2D eigenvalue weighted by Gasteiger charge is -2.35. The summed E-state index contributed by atoms with van der Waals surface area (Å²) in [6.07, 6.45) is 3.11. The number of rotatable bonds is 11. The number of hydrogen-bond acceptors (Lipinski definition) is 8. The highest BCUT2D eigenvalue weighted by Crippen LogP contribution is 2.46. The minimum atomic E-state index is -3.57. The fourth-order valence-electron chi connectivity index (χ4n) is 4.79. The number of esters is 1. The van der Waals surface area contributed by atoms with E-state index >= 15 is 0 Å². The summed E-state index contributed by atoms with van der Waals surface area (Å²) >= 11 is 0. The molecule has 0 radical (unpaired) electrons. The van der Waals surface area contributed by atoms with Crippen LogP contribution in [0.4, 0.5) is 14.5 Å². The predicted octanol–water partition coefficient (Wildman–Crippen LogP) is 3.27. The molecule has 224 valence electrons. The molecule has 0 N–H and O–H groups in total. The molecule has 2 aromatic carbocycles. The van der Waals surface area contributed by atoms with Crippen molar-refractivity contribution in [2.45, 2.75) is 31.9 Å². The zero-order valence-corrected chi connectivity index (χ0v) is 24.0. The second-order valence-electron chi connectivity index (χ2n) is 10.6.